The number of hydrogen-bond donors (Lipinski definition) is 1. The fourth-order valence-corrected chi connectivity index (χ4v) is 1.82. The number of anilines is 1. The molecule has 2 aromatic rings. The predicted octanol–water partition coefficient (Wildman–Crippen LogP) is 3.27. The van der Waals surface area contributed by atoms with Crippen molar-refractivity contribution in [2.24, 2.45) is 0 Å². The molecule has 0 spiro atoms. The zero-order chi connectivity index (χ0) is 15.1. The number of nitrogens with one attached hydrogen (secondary N) is 1. The first-order chi connectivity index (χ1) is 10.2. The summed E-state index contributed by atoms with van der Waals surface area (Å²) >= 11 is 0. The molecular weight excluding hydrogens is 266 g/mol. The molecule has 0 aliphatic heterocycles. The van der Waals surface area contributed by atoms with E-state index in [1.807, 2.05) is 51.1 Å². The Balaban J connectivity index is 2.04. The minimum absolute atomic E-state index is 0.0954. The molecule has 0 aliphatic rings. The van der Waals surface area contributed by atoms with Crippen molar-refractivity contribution in [3.05, 3.63) is 42.1 Å². The summed E-state index contributed by atoms with van der Waals surface area (Å²) in [5.41, 5.74) is 0.995. The second-order valence-corrected chi connectivity index (χ2v) is 4.78. The lowest BCUT2D eigenvalue weighted by Gasteiger charge is -2.13. The van der Waals surface area contributed by atoms with Crippen LogP contribution in [0.3, 0.4) is 0 Å². The Morgan fingerprint density at radius 3 is 2.81 bits per heavy atom. The molecular formula is C16H21N3O2. The fourth-order valence-electron chi connectivity index (χ4n) is 1.82. The molecule has 1 N–H and O–H groups in total. The van der Waals surface area contributed by atoms with E-state index in [1.54, 1.807) is 6.20 Å². The van der Waals surface area contributed by atoms with Crippen LogP contribution in [-0.2, 0) is 6.54 Å². The van der Waals surface area contributed by atoms with Crippen LogP contribution in [0.5, 0.6) is 11.8 Å². The van der Waals surface area contributed by atoms with Gasteiger partial charge in [0.1, 0.15) is 5.82 Å². The highest BCUT2D eigenvalue weighted by atomic mass is 16.5. The molecule has 0 aliphatic carbocycles. The molecule has 0 aromatic carbocycles. The zero-order valence-corrected chi connectivity index (χ0v) is 12.7. The van der Waals surface area contributed by atoms with Crippen LogP contribution >= 0.6 is 0 Å². The number of rotatable bonds is 7. The monoisotopic (exact) mass is 287 g/mol. The van der Waals surface area contributed by atoms with Gasteiger partial charge in [0.2, 0.25) is 11.8 Å². The Bertz CT molecular complexity index is 573. The van der Waals surface area contributed by atoms with Crippen LogP contribution in [0.4, 0.5) is 5.82 Å². The van der Waals surface area contributed by atoms with Gasteiger partial charge in [0.15, 0.2) is 0 Å². The maximum Gasteiger partial charge on any atom is 0.218 e. The maximum absolute atomic E-state index is 5.70. The van der Waals surface area contributed by atoms with Gasteiger partial charge in [0, 0.05) is 24.4 Å². The van der Waals surface area contributed by atoms with Crippen molar-refractivity contribution in [2.75, 3.05) is 11.9 Å². The summed E-state index contributed by atoms with van der Waals surface area (Å²) < 4.78 is 11.1. The van der Waals surface area contributed by atoms with Crippen molar-refractivity contribution in [1.29, 1.82) is 0 Å². The first-order valence-corrected chi connectivity index (χ1v) is 7.13. The topological polar surface area (TPSA) is 56.3 Å². The third-order valence-corrected chi connectivity index (χ3v) is 2.67. The molecule has 2 rings (SSSR count). The summed E-state index contributed by atoms with van der Waals surface area (Å²) in [5.74, 6) is 2.04. The van der Waals surface area contributed by atoms with Crippen molar-refractivity contribution >= 4 is 5.82 Å². The van der Waals surface area contributed by atoms with Gasteiger partial charge in [-0.05, 0) is 32.9 Å². The highest BCUT2D eigenvalue weighted by Crippen LogP contribution is 2.18. The van der Waals surface area contributed by atoms with Crippen LogP contribution < -0.4 is 14.8 Å². The van der Waals surface area contributed by atoms with Crippen molar-refractivity contribution in [2.45, 2.75) is 33.4 Å². The molecule has 5 heteroatoms. The van der Waals surface area contributed by atoms with E-state index >= 15 is 0 Å². The molecule has 0 unspecified atom stereocenters. The Hall–Kier alpha value is -2.30. The lowest BCUT2D eigenvalue weighted by Crippen LogP contribution is -2.11. The van der Waals surface area contributed by atoms with Crippen molar-refractivity contribution < 1.29 is 9.47 Å². The summed E-state index contributed by atoms with van der Waals surface area (Å²) in [5, 5.41) is 3.26. The Morgan fingerprint density at radius 2 is 2.05 bits per heavy atom. The summed E-state index contributed by atoms with van der Waals surface area (Å²) in [6, 6.07) is 9.54. The largest absolute Gasteiger partial charge is 0.478 e. The second kappa shape index (κ2) is 7.47. The Morgan fingerprint density at radius 1 is 1.19 bits per heavy atom. The van der Waals surface area contributed by atoms with Crippen LogP contribution in [0.25, 0.3) is 0 Å². The molecule has 2 heterocycles. The first-order valence-electron chi connectivity index (χ1n) is 7.13. The minimum atomic E-state index is 0.0954. The fraction of sp³-hybridized carbons (Fsp3) is 0.375. The van der Waals surface area contributed by atoms with Gasteiger partial charge in [-0.1, -0.05) is 12.1 Å². The van der Waals surface area contributed by atoms with Gasteiger partial charge >= 0.3 is 0 Å². The summed E-state index contributed by atoms with van der Waals surface area (Å²) in [7, 11) is 0. The van der Waals surface area contributed by atoms with Crippen LogP contribution in [0.1, 0.15) is 26.3 Å². The number of aromatic nitrogens is 2. The zero-order valence-electron chi connectivity index (χ0n) is 12.7. The lowest BCUT2D eigenvalue weighted by atomic mass is 10.2. The van der Waals surface area contributed by atoms with Crippen molar-refractivity contribution in [3.8, 4) is 11.8 Å². The lowest BCUT2D eigenvalue weighted by molar-refractivity contribution is 0.230. The number of nitrogens with zero attached hydrogens (tertiary/aromatic N) is 2. The van der Waals surface area contributed by atoms with E-state index in [2.05, 4.69) is 15.3 Å². The van der Waals surface area contributed by atoms with Gasteiger partial charge in [-0.15, -0.1) is 0 Å². The predicted molar refractivity (Wildman–Crippen MR) is 82.7 cm³/mol. The standard InChI is InChI=1S/C16H21N3O2/c1-4-20-15-9-5-8-14(19-15)18-11-13-7-6-10-17-16(13)21-12(2)3/h5-10,12H,4,11H2,1-3H3,(H,18,19). The third kappa shape index (κ3) is 4.63. The quantitative estimate of drug-likeness (QED) is 0.847. The molecule has 112 valence electrons. The highest BCUT2D eigenvalue weighted by Gasteiger charge is 2.07. The Labute approximate surface area is 125 Å². The van der Waals surface area contributed by atoms with Gasteiger partial charge < -0.3 is 14.8 Å². The average molecular weight is 287 g/mol. The molecule has 0 saturated carbocycles. The number of pyridine rings is 2. The summed E-state index contributed by atoms with van der Waals surface area (Å²) in [6.07, 6.45) is 1.83. The average Bonchev–Trinajstić information content (AvgIpc) is 2.47. The normalized spacial score (nSPS) is 10.5. The number of ether oxygens (including phenoxy) is 2. The smallest absolute Gasteiger partial charge is 0.218 e. The van der Waals surface area contributed by atoms with Gasteiger partial charge in [-0.2, -0.15) is 4.98 Å². The second-order valence-electron chi connectivity index (χ2n) is 4.78. The number of hydrogen-bond acceptors (Lipinski definition) is 5. The molecule has 0 radical (unpaired) electrons. The summed E-state index contributed by atoms with van der Waals surface area (Å²) in [4.78, 5) is 8.64. The van der Waals surface area contributed by atoms with E-state index in [9.17, 15) is 0 Å². The Kier molecular flexibility index (Phi) is 5.37. The SMILES string of the molecule is CCOc1cccc(NCc2cccnc2OC(C)C)n1. The van der Waals surface area contributed by atoms with Crippen LogP contribution in [0.2, 0.25) is 0 Å². The molecule has 0 fully saturated rings. The van der Waals surface area contributed by atoms with E-state index in [-0.39, 0.29) is 6.10 Å². The molecule has 0 amide bonds. The van der Waals surface area contributed by atoms with Gasteiger partial charge in [0.25, 0.3) is 0 Å². The van der Waals surface area contributed by atoms with Crippen LogP contribution in [0.15, 0.2) is 36.5 Å². The van der Waals surface area contributed by atoms with Gasteiger partial charge in [0.05, 0.1) is 12.7 Å². The molecule has 21 heavy (non-hydrogen) atoms. The minimum Gasteiger partial charge on any atom is -0.478 e. The maximum atomic E-state index is 5.70. The third-order valence-electron chi connectivity index (χ3n) is 2.67. The van der Waals surface area contributed by atoms with Crippen LogP contribution in [0, 0.1) is 0 Å². The van der Waals surface area contributed by atoms with Crippen molar-refractivity contribution in [3.63, 3.8) is 0 Å². The first kappa shape index (κ1) is 15.1. The van der Waals surface area contributed by atoms with E-state index < -0.39 is 0 Å². The van der Waals surface area contributed by atoms with Crippen molar-refractivity contribution in [1.82, 2.24) is 9.97 Å². The highest BCUT2D eigenvalue weighted by molar-refractivity contribution is 5.39. The molecule has 0 bridgehead atoms. The molecule has 0 atom stereocenters. The van der Waals surface area contributed by atoms with E-state index in [0.717, 1.165) is 11.4 Å². The van der Waals surface area contributed by atoms with E-state index in [1.165, 1.54) is 0 Å². The molecule has 5 nitrogen and oxygen atoms in total. The van der Waals surface area contributed by atoms with Gasteiger partial charge in [-0.3, -0.25) is 0 Å². The van der Waals surface area contributed by atoms with Crippen LogP contribution in [-0.4, -0.2) is 22.7 Å². The van der Waals surface area contributed by atoms with Gasteiger partial charge in [-0.25, -0.2) is 4.98 Å². The molecule has 2 aromatic heterocycles. The summed E-state index contributed by atoms with van der Waals surface area (Å²) in [6.45, 7) is 7.11. The van der Waals surface area contributed by atoms with E-state index in [0.29, 0.717) is 24.9 Å². The van der Waals surface area contributed by atoms with E-state index in [4.69, 9.17) is 9.47 Å². The molecule has 0 saturated heterocycles.